The second-order valence-corrected chi connectivity index (χ2v) is 8.75. The van der Waals surface area contributed by atoms with Crippen LogP contribution in [0.5, 0.6) is 0 Å². The van der Waals surface area contributed by atoms with Gasteiger partial charge in [0.05, 0.1) is 12.3 Å². The molecule has 1 fully saturated rings. The maximum Gasteiger partial charge on any atom is 0.196 e. The lowest BCUT2D eigenvalue weighted by molar-refractivity contribution is 0.102. The van der Waals surface area contributed by atoms with Crippen molar-refractivity contribution in [2.45, 2.75) is 44.3 Å². The van der Waals surface area contributed by atoms with Gasteiger partial charge in [0, 0.05) is 11.3 Å². The average Bonchev–Trinajstić information content (AvgIpc) is 3.21. The van der Waals surface area contributed by atoms with E-state index in [1.165, 1.54) is 48.7 Å². The number of hydrogen-bond acceptors (Lipinski definition) is 5. The van der Waals surface area contributed by atoms with Gasteiger partial charge in [-0.25, -0.2) is 4.39 Å². The van der Waals surface area contributed by atoms with E-state index in [2.05, 4.69) is 22.0 Å². The molecular formula is C24H27FN4OS. The smallest absolute Gasteiger partial charge is 0.196 e. The molecule has 3 aromatic rings. The maximum absolute atomic E-state index is 13.5. The molecule has 2 heterocycles. The highest BCUT2D eigenvalue weighted by Crippen LogP contribution is 2.25. The first-order valence-corrected chi connectivity index (χ1v) is 11.8. The highest BCUT2D eigenvalue weighted by molar-refractivity contribution is 7.99. The first-order chi connectivity index (χ1) is 15.1. The second kappa shape index (κ2) is 10.2. The number of nitrogens with zero attached hydrogens (tertiary/aromatic N) is 4. The zero-order valence-corrected chi connectivity index (χ0v) is 18.6. The van der Waals surface area contributed by atoms with Crippen LogP contribution in [0.15, 0.2) is 53.7 Å². The molecule has 31 heavy (non-hydrogen) atoms. The van der Waals surface area contributed by atoms with Crippen molar-refractivity contribution in [3.8, 4) is 5.69 Å². The average molecular weight is 439 g/mol. The number of aryl methyl sites for hydroxylation is 1. The molecule has 1 aliphatic heterocycles. The van der Waals surface area contributed by atoms with Crippen LogP contribution in [0.3, 0.4) is 0 Å². The van der Waals surface area contributed by atoms with Crippen LogP contribution in [0, 0.1) is 5.82 Å². The molecule has 0 radical (unpaired) electrons. The lowest BCUT2D eigenvalue weighted by atomic mass is 10.1. The summed E-state index contributed by atoms with van der Waals surface area (Å²) in [5.74, 6) is 0.859. The molecule has 1 aromatic heterocycles. The Hall–Kier alpha value is -2.51. The molecule has 162 valence electrons. The van der Waals surface area contributed by atoms with Gasteiger partial charge >= 0.3 is 0 Å². The number of carbonyl (C=O) groups excluding carboxylic acids is 1. The number of benzene rings is 2. The van der Waals surface area contributed by atoms with Crippen LogP contribution < -0.4 is 0 Å². The van der Waals surface area contributed by atoms with E-state index in [4.69, 9.17) is 0 Å². The maximum atomic E-state index is 13.5. The van der Waals surface area contributed by atoms with E-state index in [0.29, 0.717) is 17.3 Å². The summed E-state index contributed by atoms with van der Waals surface area (Å²) in [7, 11) is 0. The summed E-state index contributed by atoms with van der Waals surface area (Å²) in [6.45, 7) is 4.88. The second-order valence-electron chi connectivity index (χ2n) is 7.81. The molecule has 5 nitrogen and oxygen atoms in total. The van der Waals surface area contributed by atoms with Gasteiger partial charge in [-0.3, -0.25) is 14.3 Å². The lowest BCUT2D eigenvalue weighted by Gasteiger charge is -2.26. The highest BCUT2D eigenvalue weighted by atomic mass is 32.2. The third kappa shape index (κ3) is 5.40. The van der Waals surface area contributed by atoms with E-state index in [0.717, 1.165) is 31.0 Å². The standard InChI is InChI=1S/C24H27FN4OS/c1-2-18-6-8-19(9-7-18)22(30)17-31-24-27-26-23(16-28-14-4-3-5-15-28)29(24)21-12-10-20(25)11-13-21/h6-13H,2-5,14-17H2,1H3. The van der Waals surface area contributed by atoms with E-state index in [-0.39, 0.29) is 17.4 Å². The van der Waals surface area contributed by atoms with Gasteiger partial charge in [-0.2, -0.15) is 0 Å². The van der Waals surface area contributed by atoms with Crippen LogP contribution in [0.4, 0.5) is 4.39 Å². The topological polar surface area (TPSA) is 51.0 Å². The fourth-order valence-electron chi connectivity index (χ4n) is 3.80. The number of halogens is 1. The van der Waals surface area contributed by atoms with Crippen LogP contribution in [0.25, 0.3) is 5.69 Å². The number of piperidine rings is 1. The molecule has 0 unspecified atom stereocenters. The van der Waals surface area contributed by atoms with Crippen molar-refractivity contribution in [3.63, 3.8) is 0 Å². The molecular weight excluding hydrogens is 411 g/mol. The lowest BCUT2D eigenvalue weighted by Crippen LogP contribution is -2.30. The van der Waals surface area contributed by atoms with E-state index in [1.807, 2.05) is 28.8 Å². The van der Waals surface area contributed by atoms with Crippen LogP contribution in [0.2, 0.25) is 0 Å². The third-order valence-corrected chi connectivity index (χ3v) is 6.54. The Morgan fingerprint density at radius 3 is 2.39 bits per heavy atom. The Kier molecular flexibility index (Phi) is 7.14. The molecule has 0 atom stereocenters. The third-order valence-electron chi connectivity index (χ3n) is 5.62. The number of aromatic nitrogens is 3. The van der Waals surface area contributed by atoms with Gasteiger partial charge < -0.3 is 0 Å². The molecule has 1 saturated heterocycles. The van der Waals surface area contributed by atoms with Crippen molar-refractivity contribution in [1.29, 1.82) is 0 Å². The number of ketones is 1. The summed E-state index contributed by atoms with van der Waals surface area (Å²) in [6.07, 6.45) is 4.60. The first-order valence-electron chi connectivity index (χ1n) is 10.8. The largest absolute Gasteiger partial charge is 0.296 e. The fourth-order valence-corrected chi connectivity index (χ4v) is 4.67. The number of carbonyl (C=O) groups is 1. The number of rotatable bonds is 8. The molecule has 0 aliphatic carbocycles. The molecule has 7 heteroatoms. The minimum Gasteiger partial charge on any atom is -0.296 e. The normalized spacial score (nSPS) is 14.6. The summed E-state index contributed by atoms with van der Waals surface area (Å²) in [5.41, 5.74) is 2.72. The minimum absolute atomic E-state index is 0.0545. The van der Waals surface area contributed by atoms with Crippen LogP contribution in [-0.2, 0) is 13.0 Å². The van der Waals surface area contributed by atoms with Crippen molar-refractivity contribution in [1.82, 2.24) is 19.7 Å². The molecule has 0 bridgehead atoms. The van der Waals surface area contributed by atoms with Crippen molar-refractivity contribution in [2.24, 2.45) is 0 Å². The number of Topliss-reactive ketones (excluding diaryl/α,β-unsaturated/α-hetero) is 1. The van der Waals surface area contributed by atoms with Gasteiger partial charge in [-0.1, -0.05) is 49.4 Å². The Morgan fingerprint density at radius 2 is 1.71 bits per heavy atom. The molecule has 1 aliphatic rings. The van der Waals surface area contributed by atoms with Crippen molar-refractivity contribution >= 4 is 17.5 Å². The van der Waals surface area contributed by atoms with E-state index in [9.17, 15) is 9.18 Å². The Labute approximate surface area is 186 Å². The predicted octanol–water partition coefficient (Wildman–Crippen LogP) is 4.93. The zero-order valence-electron chi connectivity index (χ0n) is 17.8. The summed E-state index contributed by atoms with van der Waals surface area (Å²) >= 11 is 1.37. The van der Waals surface area contributed by atoms with E-state index < -0.39 is 0 Å². The number of likely N-dealkylation sites (tertiary alicyclic amines) is 1. The van der Waals surface area contributed by atoms with Gasteiger partial charge in [-0.05, 0) is 62.2 Å². The van der Waals surface area contributed by atoms with Crippen molar-refractivity contribution < 1.29 is 9.18 Å². The molecule has 0 saturated carbocycles. The van der Waals surface area contributed by atoms with Crippen LogP contribution in [-0.4, -0.2) is 44.3 Å². The van der Waals surface area contributed by atoms with Crippen molar-refractivity contribution in [3.05, 3.63) is 71.3 Å². The predicted molar refractivity (Wildman–Crippen MR) is 121 cm³/mol. The highest BCUT2D eigenvalue weighted by Gasteiger charge is 2.20. The summed E-state index contributed by atoms with van der Waals surface area (Å²) in [5, 5.41) is 9.45. The Morgan fingerprint density at radius 1 is 1.00 bits per heavy atom. The molecule has 0 amide bonds. The van der Waals surface area contributed by atoms with Crippen LogP contribution in [0.1, 0.15) is 47.9 Å². The zero-order chi connectivity index (χ0) is 21.6. The van der Waals surface area contributed by atoms with Gasteiger partial charge in [-0.15, -0.1) is 10.2 Å². The first kappa shape index (κ1) is 21.7. The molecule has 4 rings (SSSR count). The van der Waals surface area contributed by atoms with Crippen molar-refractivity contribution in [2.75, 3.05) is 18.8 Å². The van der Waals surface area contributed by atoms with Gasteiger partial charge in [0.1, 0.15) is 5.82 Å². The minimum atomic E-state index is -0.283. The number of hydrogen-bond donors (Lipinski definition) is 0. The van der Waals surface area contributed by atoms with Gasteiger partial charge in [0.2, 0.25) is 0 Å². The van der Waals surface area contributed by atoms with Crippen LogP contribution >= 0.6 is 11.8 Å². The summed E-state index contributed by atoms with van der Waals surface area (Å²) < 4.78 is 15.4. The Bertz CT molecular complexity index is 1010. The molecule has 0 N–H and O–H groups in total. The fraction of sp³-hybridized carbons (Fsp3) is 0.375. The SMILES string of the molecule is CCc1ccc(C(=O)CSc2nnc(CN3CCCCC3)n2-c2ccc(F)cc2)cc1. The van der Waals surface area contributed by atoms with E-state index >= 15 is 0 Å². The van der Waals surface area contributed by atoms with Gasteiger partial charge in [0.25, 0.3) is 0 Å². The summed E-state index contributed by atoms with van der Waals surface area (Å²) in [4.78, 5) is 15.1. The molecule has 0 spiro atoms. The van der Waals surface area contributed by atoms with E-state index in [1.54, 1.807) is 12.1 Å². The quantitative estimate of drug-likeness (QED) is 0.369. The van der Waals surface area contributed by atoms with Gasteiger partial charge in [0.15, 0.2) is 16.8 Å². The number of thioether (sulfide) groups is 1. The monoisotopic (exact) mass is 438 g/mol. The molecule has 2 aromatic carbocycles. The summed E-state index contributed by atoms with van der Waals surface area (Å²) in [6, 6.07) is 14.1. The Balaban J connectivity index is 1.54.